The maximum Gasteiger partial charge on any atom is 0.310 e. The highest BCUT2D eigenvalue weighted by atomic mass is 16.5. The molecule has 0 fully saturated rings. The van der Waals surface area contributed by atoms with E-state index in [9.17, 15) is 29.4 Å². The first kappa shape index (κ1) is 46.5. The lowest BCUT2D eigenvalue weighted by molar-refractivity contribution is -0.164. The van der Waals surface area contributed by atoms with Gasteiger partial charge in [-0.05, 0) is 93.9 Å². The third-order valence-electron chi connectivity index (χ3n) is 10.9. The van der Waals surface area contributed by atoms with E-state index in [1.807, 2.05) is 127 Å². The molecule has 2 unspecified atom stereocenters. The van der Waals surface area contributed by atoms with Crippen LogP contribution in [0.4, 0.5) is 0 Å². The van der Waals surface area contributed by atoms with Crippen molar-refractivity contribution in [1.29, 1.82) is 0 Å². The molecule has 2 rings (SSSR count). The van der Waals surface area contributed by atoms with E-state index >= 15 is 0 Å². The molecule has 55 heavy (non-hydrogen) atoms. The van der Waals surface area contributed by atoms with Crippen LogP contribution in [0, 0.1) is 16.2 Å². The van der Waals surface area contributed by atoms with Crippen molar-refractivity contribution in [2.24, 2.45) is 16.2 Å². The Morgan fingerprint density at radius 3 is 1.53 bits per heavy atom. The molecule has 7 nitrogen and oxygen atoms in total. The Hall–Kier alpha value is -4.62. The molecule has 0 aliphatic heterocycles. The van der Waals surface area contributed by atoms with Gasteiger partial charge in [0.15, 0.2) is 17.7 Å². The number of carbonyl (C=O) groups excluding carboxylic acids is 3. The number of hydrogen-bond acceptors (Lipinski definition) is 6. The minimum absolute atomic E-state index is 0.188. The summed E-state index contributed by atoms with van der Waals surface area (Å²) in [4.78, 5) is 50.2. The maximum absolute atomic E-state index is 13.3. The first-order chi connectivity index (χ1) is 25.6. The van der Waals surface area contributed by atoms with Crippen LogP contribution in [0.2, 0.25) is 0 Å². The van der Waals surface area contributed by atoms with E-state index in [-0.39, 0.29) is 23.4 Å². The standard InChI is InChI=1S/C48H64O7/c1-13-48(14-2,45(53)54)31-42(50)55-41-30-47(11,12)39(37(8)44(41)52)28-26-35(6)24-18-22-33(4)20-16-15-19-32(3)21-17-23-34(5)25-27-38-36(7)43(51)40(49)29-46(38,9)10/h15-28,40-41,49H,13-14,29-31H2,1-12H3,(H,53,54)/b16-15+,21-17+,22-18+,27-25+,28-26+,32-19+,33-20+,34-23+,35-24+. The number of hydrogen-bond donors (Lipinski definition) is 2. The molecule has 0 heterocycles. The second-order valence-corrected chi connectivity index (χ2v) is 16.4. The van der Waals surface area contributed by atoms with Crippen molar-refractivity contribution >= 4 is 23.5 Å². The average molecular weight is 753 g/mol. The van der Waals surface area contributed by atoms with Crippen LogP contribution in [-0.4, -0.2) is 45.9 Å². The largest absolute Gasteiger partial charge is 0.481 e. The number of allylic oxidation sites excluding steroid dienone is 20. The number of carboxylic acid groups (broad SMARTS) is 1. The van der Waals surface area contributed by atoms with Gasteiger partial charge in [0.25, 0.3) is 0 Å². The summed E-state index contributed by atoms with van der Waals surface area (Å²) in [5, 5.41) is 19.8. The summed E-state index contributed by atoms with van der Waals surface area (Å²) in [6.45, 7) is 23.3. The molecule has 2 aliphatic rings. The summed E-state index contributed by atoms with van der Waals surface area (Å²) in [6, 6.07) is 0. The van der Waals surface area contributed by atoms with Gasteiger partial charge in [-0.2, -0.15) is 0 Å². The van der Waals surface area contributed by atoms with Crippen molar-refractivity contribution in [3.8, 4) is 0 Å². The van der Waals surface area contributed by atoms with Crippen molar-refractivity contribution in [2.75, 3.05) is 0 Å². The quantitative estimate of drug-likeness (QED) is 0.119. The van der Waals surface area contributed by atoms with Crippen molar-refractivity contribution in [2.45, 2.75) is 127 Å². The lowest BCUT2D eigenvalue weighted by Gasteiger charge is -2.36. The average Bonchev–Trinajstić information content (AvgIpc) is 3.09. The fourth-order valence-electron chi connectivity index (χ4n) is 7.05. The first-order valence-corrected chi connectivity index (χ1v) is 19.3. The van der Waals surface area contributed by atoms with Crippen LogP contribution < -0.4 is 0 Å². The van der Waals surface area contributed by atoms with Crippen LogP contribution in [0.15, 0.2) is 130 Å². The van der Waals surface area contributed by atoms with Gasteiger partial charge in [-0.25, -0.2) is 0 Å². The molecule has 0 radical (unpaired) electrons. The highest BCUT2D eigenvalue weighted by molar-refractivity contribution is 6.02. The van der Waals surface area contributed by atoms with Crippen LogP contribution in [0.3, 0.4) is 0 Å². The number of rotatable bonds is 16. The SMILES string of the molecule is CCC(CC)(CC(=O)OC1CC(C)(C)C(/C=C/C(C)=C/C=C/C(C)=C/C=C/C=C(C)/C=C/C=C(C)/C=C/C2=C(C)C(=O)C(O)CC2(C)C)=C(C)C1=O)C(=O)O. The predicted octanol–water partition coefficient (Wildman–Crippen LogP) is 10.7. The minimum atomic E-state index is -1.19. The van der Waals surface area contributed by atoms with E-state index in [0.717, 1.165) is 33.4 Å². The van der Waals surface area contributed by atoms with Crippen molar-refractivity contribution in [1.82, 2.24) is 0 Å². The number of carbonyl (C=O) groups is 4. The van der Waals surface area contributed by atoms with Gasteiger partial charge in [0.2, 0.25) is 0 Å². The Morgan fingerprint density at radius 2 is 1.09 bits per heavy atom. The zero-order valence-corrected chi connectivity index (χ0v) is 35.2. The minimum Gasteiger partial charge on any atom is -0.481 e. The van der Waals surface area contributed by atoms with Crippen LogP contribution in [0.1, 0.15) is 115 Å². The lowest BCUT2D eigenvalue weighted by atomic mass is 9.71. The van der Waals surface area contributed by atoms with E-state index in [2.05, 4.69) is 13.8 Å². The molecule has 0 aromatic rings. The molecule has 0 spiro atoms. The van der Waals surface area contributed by atoms with E-state index in [1.165, 1.54) is 0 Å². The maximum atomic E-state index is 13.3. The molecule has 0 aromatic carbocycles. The number of aliphatic carboxylic acids is 1. The van der Waals surface area contributed by atoms with Gasteiger partial charge in [-0.1, -0.05) is 149 Å². The Bertz CT molecular complexity index is 1820. The smallest absolute Gasteiger partial charge is 0.310 e. The van der Waals surface area contributed by atoms with Crippen molar-refractivity contribution in [3.05, 3.63) is 130 Å². The summed E-state index contributed by atoms with van der Waals surface area (Å²) in [5.74, 6) is -2.12. The summed E-state index contributed by atoms with van der Waals surface area (Å²) < 4.78 is 5.61. The van der Waals surface area contributed by atoms with Crippen LogP contribution in [0.25, 0.3) is 0 Å². The number of ketones is 2. The molecule has 0 saturated heterocycles. The zero-order chi connectivity index (χ0) is 41.7. The number of Topliss-reactive ketones (excluding diaryl/α,β-unsaturated/α-hetero) is 2. The second kappa shape index (κ2) is 20.3. The first-order valence-electron chi connectivity index (χ1n) is 19.3. The molecule has 2 atom stereocenters. The van der Waals surface area contributed by atoms with Gasteiger partial charge in [0, 0.05) is 6.42 Å². The summed E-state index contributed by atoms with van der Waals surface area (Å²) in [5.41, 5.74) is 5.38. The predicted molar refractivity (Wildman–Crippen MR) is 224 cm³/mol. The molecule has 0 bridgehead atoms. The lowest BCUT2D eigenvalue weighted by Crippen LogP contribution is -2.40. The Balaban J connectivity index is 2.00. The number of aliphatic hydroxyl groups excluding tert-OH is 1. The number of ether oxygens (including phenoxy) is 1. The number of aliphatic hydroxyl groups is 1. The van der Waals surface area contributed by atoms with E-state index < -0.39 is 35.0 Å². The Labute approximate surface area is 330 Å². The van der Waals surface area contributed by atoms with E-state index in [1.54, 1.807) is 27.7 Å². The Kier molecular flexibility index (Phi) is 17.2. The normalized spacial score (nSPS) is 22.1. The van der Waals surface area contributed by atoms with Gasteiger partial charge in [0.1, 0.15) is 6.10 Å². The van der Waals surface area contributed by atoms with Crippen molar-refractivity contribution < 1.29 is 34.1 Å². The molecular weight excluding hydrogens is 689 g/mol. The van der Waals surface area contributed by atoms with Crippen LogP contribution >= 0.6 is 0 Å². The molecule has 298 valence electrons. The zero-order valence-electron chi connectivity index (χ0n) is 35.2. The van der Waals surface area contributed by atoms with Gasteiger partial charge in [-0.3, -0.25) is 19.2 Å². The van der Waals surface area contributed by atoms with Crippen molar-refractivity contribution in [3.63, 3.8) is 0 Å². The second-order valence-electron chi connectivity index (χ2n) is 16.4. The molecule has 2 N–H and O–H groups in total. The van der Waals surface area contributed by atoms with E-state index in [0.29, 0.717) is 36.8 Å². The fourth-order valence-corrected chi connectivity index (χ4v) is 7.05. The molecular formula is C48H64O7. The molecule has 0 amide bonds. The third-order valence-corrected chi connectivity index (χ3v) is 10.9. The van der Waals surface area contributed by atoms with Gasteiger partial charge in [-0.15, -0.1) is 0 Å². The topological polar surface area (TPSA) is 118 Å². The third kappa shape index (κ3) is 13.3. The number of carboxylic acids is 1. The monoisotopic (exact) mass is 752 g/mol. The molecule has 7 heteroatoms. The highest BCUT2D eigenvalue weighted by Crippen LogP contribution is 2.42. The van der Waals surface area contributed by atoms with E-state index in [4.69, 9.17) is 4.74 Å². The number of esters is 1. The van der Waals surface area contributed by atoms with Crippen LogP contribution in [0.5, 0.6) is 0 Å². The van der Waals surface area contributed by atoms with Crippen LogP contribution in [-0.2, 0) is 23.9 Å². The molecule has 0 aromatic heterocycles. The summed E-state index contributed by atoms with van der Waals surface area (Å²) in [6.07, 6.45) is 27.3. The fraction of sp³-hybridized carbons (Fsp3) is 0.458. The van der Waals surface area contributed by atoms with Gasteiger partial charge < -0.3 is 14.9 Å². The highest BCUT2D eigenvalue weighted by Gasteiger charge is 2.43. The summed E-state index contributed by atoms with van der Waals surface area (Å²) in [7, 11) is 0. The van der Waals surface area contributed by atoms with Gasteiger partial charge >= 0.3 is 11.9 Å². The molecule has 2 aliphatic carbocycles. The summed E-state index contributed by atoms with van der Waals surface area (Å²) >= 11 is 0. The Morgan fingerprint density at radius 1 is 0.691 bits per heavy atom. The van der Waals surface area contributed by atoms with Gasteiger partial charge in [0.05, 0.1) is 11.8 Å². The molecule has 0 saturated carbocycles.